The first-order valence-electron chi connectivity index (χ1n) is 11.3. The summed E-state index contributed by atoms with van der Waals surface area (Å²) >= 11 is 0. The van der Waals surface area contributed by atoms with E-state index in [-0.39, 0.29) is 18.5 Å². The standard InChI is InChI=1S/C16H15NO3.C10H14F3NO3/c1-20-16(19)15-5-3-2-4-14(15)13-8-6-12(7-9-13)10-17-11-18;1-6(15)17-5-7-3-9(7,2)14-8(16)4-10(11,12)13/h2-9,11H,10H2,1H3,(H,17,18);7H,3-5H2,1-2H3,(H,14,16)/t;7-,9-/m.1/s1. The first-order chi connectivity index (χ1) is 17.4. The summed E-state index contributed by atoms with van der Waals surface area (Å²) in [6, 6.07) is 15.0. The largest absolute Gasteiger partial charge is 0.465 e. The number of rotatable bonds is 9. The molecule has 0 aliphatic heterocycles. The summed E-state index contributed by atoms with van der Waals surface area (Å²) in [5, 5.41) is 4.92. The van der Waals surface area contributed by atoms with Crippen LogP contribution in [-0.2, 0) is 30.4 Å². The Kier molecular flexibility index (Phi) is 10.2. The third-order valence-corrected chi connectivity index (χ3v) is 5.67. The Hall–Kier alpha value is -3.89. The molecule has 8 nitrogen and oxygen atoms in total. The third-order valence-electron chi connectivity index (χ3n) is 5.67. The molecule has 0 spiro atoms. The number of alkyl halides is 3. The number of methoxy groups -OCH3 is 1. The highest BCUT2D eigenvalue weighted by atomic mass is 19.4. The number of ether oxygens (including phenoxy) is 2. The van der Waals surface area contributed by atoms with Gasteiger partial charge in [-0.25, -0.2) is 4.79 Å². The Morgan fingerprint density at radius 1 is 1.11 bits per heavy atom. The zero-order valence-corrected chi connectivity index (χ0v) is 20.7. The Labute approximate surface area is 212 Å². The number of esters is 2. The maximum Gasteiger partial charge on any atom is 0.397 e. The van der Waals surface area contributed by atoms with Crippen LogP contribution in [0.25, 0.3) is 11.1 Å². The Morgan fingerprint density at radius 2 is 1.76 bits per heavy atom. The summed E-state index contributed by atoms with van der Waals surface area (Å²) in [4.78, 5) is 43.6. The van der Waals surface area contributed by atoms with Crippen molar-refractivity contribution in [3.63, 3.8) is 0 Å². The lowest BCUT2D eigenvalue weighted by Gasteiger charge is -2.15. The van der Waals surface area contributed by atoms with Gasteiger partial charge < -0.3 is 20.1 Å². The van der Waals surface area contributed by atoms with Crippen molar-refractivity contribution in [2.75, 3.05) is 13.7 Å². The Morgan fingerprint density at radius 3 is 2.32 bits per heavy atom. The summed E-state index contributed by atoms with van der Waals surface area (Å²) in [5.41, 5.74) is 2.61. The van der Waals surface area contributed by atoms with Crippen LogP contribution in [0.3, 0.4) is 0 Å². The van der Waals surface area contributed by atoms with E-state index in [4.69, 9.17) is 9.47 Å². The van der Waals surface area contributed by atoms with E-state index >= 15 is 0 Å². The summed E-state index contributed by atoms with van der Waals surface area (Å²) < 4.78 is 45.3. The van der Waals surface area contributed by atoms with Crippen LogP contribution in [0.2, 0.25) is 0 Å². The number of carbonyl (C=O) groups excluding carboxylic acids is 4. The van der Waals surface area contributed by atoms with Crippen molar-refractivity contribution in [1.29, 1.82) is 0 Å². The molecular formula is C26H29F3N2O6. The van der Waals surface area contributed by atoms with E-state index in [1.54, 1.807) is 19.1 Å². The van der Waals surface area contributed by atoms with Crippen LogP contribution >= 0.6 is 0 Å². The monoisotopic (exact) mass is 522 g/mol. The first-order valence-corrected chi connectivity index (χ1v) is 11.3. The fourth-order valence-electron chi connectivity index (χ4n) is 3.60. The fourth-order valence-corrected chi connectivity index (χ4v) is 3.60. The smallest absolute Gasteiger partial charge is 0.397 e. The molecule has 2 aromatic rings. The highest BCUT2D eigenvalue weighted by Gasteiger charge is 2.52. The molecule has 0 bridgehead atoms. The predicted octanol–water partition coefficient (Wildman–Crippen LogP) is 3.78. The van der Waals surface area contributed by atoms with Gasteiger partial charge in [-0.05, 0) is 36.1 Å². The number of hydrogen-bond donors (Lipinski definition) is 2. The van der Waals surface area contributed by atoms with Gasteiger partial charge in [0.2, 0.25) is 12.3 Å². The minimum Gasteiger partial charge on any atom is -0.465 e. The molecule has 2 atom stereocenters. The number of nitrogens with one attached hydrogen (secondary N) is 2. The highest BCUT2D eigenvalue weighted by Crippen LogP contribution is 2.43. The number of carbonyl (C=O) groups is 4. The highest BCUT2D eigenvalue weighted by molar-refractivity contribution is 5.97. The van der Waals surface area contributed by atoms with E-state index < -0.39 is 30.0 Å². The second-order valence-corrected chi connectivity index (χ2v) is 8.69. The van der Waals surface area contributed by atoms with Crippen molar-refractivity contribution < 1.29 is 41.8 Å². The fraction of sp³-hybridized carbons (Fsp3) is 0.385. The zero-order chi connectivity index (χ0) is 27.6. The Bertz CT molecular complexity index is 1100. The molecule has 0 heterocycles. The minimum absolute atomic E-state index is 0.108. The van der Waals surface area contributed by atoms with Gasteiger partial charge in [-0.2, -0.15) is 13.2 Å². The van der Waals surface area contributed by atoms with Crippen LogP contribution in [0.4, 0.5) is 13.2 Å². The molecule has 37 heavy (non-hydrogen) atoms. The average molecular weight is 523 g/mol. The SMILES string of the molecule is CC(=O)OC[C@H]1C[C@@]1(C)NC(=O)CC(F)(F)F.COC(=O)c1ccccc1-c1ccc(CNC=O)cc1. The molecule has 0 unspecified atom stereocenters. The molecule has 2 N–H and O–H groups in total. The van der Waals surface area contributed by atoms with Crippen molar-refractivity contribution in [1.82, 2.24) is 10.6 Å². The van der Waals surface area contributed by atoms with Gasteiger partial charge in [0.25, 0.3) is 0 Å². The molecule has 1 aliphatic carbocycles. The number of amides is 2. The van der Waals surface area contributed by atoms with E-state index in [9.17, 15) is 32.3 Å². The lowest BCUT2D eigenvalue weighted by molar-refractivity contribution is -0.154. The molecule has 200 valence electrons. The summed E-state index contributed by atoms with van der Waals surface area (Å²) in [7, 11) is 1.37. The molecule has 0 saturated heterocycles. The number of hydrogen-bond acceptors (Lipinski definition) is 6. The number of halogens is 3. The van der Waals surface area contributed by atoms with Gasteiger partial charge in [0.05, 0.1) is 19.3 Å². The van der Waals surface area contributed by atoms with Gasteiger partial charge in [0, 0.05) is 24.9 Å². The van der Waals surface area contributed by atoms with Crippen molar-refractivity contribution in [3.05, 3.63) is 59.7 Å². The van der Waals surface area contributed by atoms with Gasteiger partial charge in [-0.1, -0.05) is 42.5 Å². The molecule has 0 aromatic heterocycles. The first kappa shape index (κ1) is 29.3. The van der Waals surface area contributed by atoms with E-state index in [2.05, 4.69) is 10.6 Å². The second kappa shape index (κ2) is 12.9. The predicted molar refractivity (Wildman–Crippen MR) is 128 cm³/mol. The van der Waals surface area contributed by atoms with Gasteiger partial charge >= 0.3 is 18.1 Å². The maximum absolute atomic E-state index is 11.9. The zero-order valence-electron chi connectivity index (χ0n) is 20.7. The lowest BCUT2D eigenvalue weighted by atomic mass is 9.99. The van der Waals surface area contributed by atoms with Crippen molar-refractivity contribution in [2.45, 2.75) is 44.9 Å². The quantitative estimate of drug-likeness (QED) is 0.383. The molecule has 11 heteroatoms. The topological polar surface area (TPSA) is 111 Å². The van der Waals surface area contributed by atoms with Gasteiger partial charge in [-0.15, -0.1) is 0 Å². The van der Waals surface area contributed by atoms with Crippen LogP contribution < -0.4 is 10.6 Å². The third kappa shape index (κ3) is 9.59. The van der Waals surface area contributed by atoms with Crippen LogP contribution in [0.5, 0.6) is 0 Å². The van der Waals surface area contributed by atoms with E-state index in [1.807, 2.05) is 36.4 Å². The molecule has 3 rings (SSSR count). The van der Waals surface area contributed by atoms with Gasteiger partial charge in [0.1, 0.15) is 6.42 Å². The van der Waals surface area contributed by atoms with Gasteiger partial charge in [0.15, 0.2) is 0 Å². The van der Waals surface area contributed by atoms with Crippen LogP contribution in [0, 0.1) is 5.92 Å². The Balaban J connectivity index is 0.000000264. The molecule has 2 amide bonds. The minimum atomic E-state index is -4.50. The van der Waals surface area contributed by atoms with Crippen molar-refractivity contribution in [2.24, 2.45) is 5.92 Å². The molecule has 1 fully saturated rings. The van der Waals surface area contributed by atoms with E-state index in [0.29, 0.717) is 24.9 Å². The second-order valence-electron chi connectivity index (χ2n) is 8.69. The van der Waals surface area contributed by atoms with Crippen molar-refractivity contribution in [3.8, 4) is 11.1 Å². The summed E-state index contributed by atoms with van der Waals surface area (Å²) in [6.07, 6.45) is -4.80. The van der Waals surface area contributed by atoms with Crippen LogP contribution in [-0.4, -0.2) is 49.7 Å². The molecule has 2 aromatic carbocycles. The van der Waals surface area contributed by atoms with Crippen LogP contribution in [0.1, 0.15) is 42.6 Å². The normalized spacial score (nSPS) is 17.9. The van der Waals surface area contributed by atoms with E-state index in [1.165, 1.54) is 14.0 Å². The van der Waals surface area contributed by atoms with Crippen molar-refractivity contribution >= 4 is 24.3 Å². The lowest BCUT2D eigenvalue weighted by Crippen LogP contribution is -2.39. The summed E-state index contributed by atoms with van der Waals surface area (Å²) in [6.45, 7) is 3.50. The molecule has 1 aliphatic rings. The number of benzene rings is 2. The maximum atomic E-state index is 11.9. The average Bonchev–Trinajstić information content (AvgIpc) is 3.48. The summed E-state index contributed by atoms with van der Waals surface area (Å²) in [5.74, 6) is -1.96. The molecule has 1 saturated carbocycles. The van der Waals surface area contributed by atoms with Crippen LogP contribution in [0.15, 0.2) is 48.5 Å². The van der Waals surface area contributed by atoms with E-state index in [0.717, 1.165) is 16.7 Å². The molecular weight excluding hydrogens is 493 g/mol. The van der Waals surface area contributed by atoms with Gasteiger partial charge in [-0.3, -0.25) is 14.4 Å². The molecule has 0 radical (unpaired) electrons.